The number of benzene rings is 1. The molecule has 0 atom stereocenters. The average molecular weight is 214 g/mol. The highest BCUT2D eigenvalue weighted by Crippen LogP contribution is 2.16. The van der Waals surface area contributed by atoms with Crippen LogP contribution in [0.3, 0.4) is 0 Å². The minimum absolute atomic E-state index is 0.490. The molecular weight excluding hydrogens is 208 g/mol. The molecule has 0 amide bonds. The fraction of sp³-hybridized carbons (Fsp3) is 0.125. The first-order valence-electron chi connectivity index (χ1n) is 3.60. The summed E-state index contributed by atoms with van der Waals surface area (Å²) in [5.41, 5.74) is -0.116. The highest BCUT2D eigenvalue weighted by atomic mass is 32.2. The highest BCUT2D eigenvalue weighted by molar-refractivity contribution is 7.85. The number of carbonyl (C=O) groups excluding carboxylic acids is 1. The first-order valence-corrected chi connectivity index (χ1v) is 5.01. The number of carboxylic acid groups (broad SMARTS) is 1. The van der Waals surface area contributed by atoms with Gasteiger partial charge in [0.1, 0.15) is 10.1 Å². The van der Waals surface area contributed by atoms with Gasteiger partial charge in [0.05, 0.1) is 10.9 Å². The third kappa shape index (κ3) is 2.09. The van der Waals surface area contributed by atoms with Crippen LogP contribution < -0.4 is 5.11 Å². The average Bonchev–Trinajstić information content (AvgIpc) is 2.01. The molecule has 0 bridgehead atoms. The Bertz CT molecular complexity index is 475. The number of aryl methyl sites for hydroxylation is 1. The van der Waals surface area contributed by atoms with E-state index in [1.165, 1.54) is 6.07 Å². The standard InChI is InChI=1S/C8H8O5S/c1-5-2-3-6(8(9)10)7(4-5)14(11,12)13/h2-4H,1H3,(H,9,10)(H,11,12,13)/p-2. The molecule has 6 heteroatoms. The van der Waals surface area contributed by atoms with Gasteiger partial charge in [-0.3, -0.25) is 0 Å². The van der Waals surface area contributed by atoms with Crippen LogP contribution >= 0.6 is 0 Å². The van der Waals surface area contributed by atoms with E-state index in [1.807, 2.05) is 0 Å². The van der Waals surface area contributed by atoms with Gasteiger partial charge in [-0.1, -0.05) is 12.1 Å². The molecule has 76 valence electrons. The van der Waals surface area contributed by atoms with E-state index < -0.39 is 26.5 Å². The van der Waals surface area contributed by atoms with Gasteiger partial charge in [-0.2, -0.15) is 0 Å². The van der Waals surface area contributed by atoms with Crippen molar-refractivity contribution in [2.24, 2.45) is 0 Å². The van der Waals surface area contributed by atoms with Gasteiger partial charge >= 0.3 is 0 Å². The molecule has 0 aliphatic carbocycles. The summed E-state index contributed by atoms with van der Waals surface area (Å²) in [5, 5.41) is 10.5. The zero-order valence-corrected chi connectivity index (χ0v) is 8.00. The molecule has 14 heavy (non-hydrogen) atoms. The van der Waals surface area contributed by atoms with Crippen LogP contribution in [0.25, 0.3) is 0 Å². The summed E-state index contributed by atoms with van der Waals surface area (Å²) >= 11 is 0. The number of hydrogen-bond acceptors (Lipinski definition) is 5. The van der Waals surface area contributed by atoms with Gasteiger partial charge in [0, 0.05) is 5.56 Å². The normalized spacial score (nSPS) is 11.3. The summed E-state index contributed by atoms with van der Waals surface area (Å²) in [7, 11) is -4.77. The predicted octanol–water partition coefficient (Wildman–Crippen LogP) is -0.737. The Morgan fingerprint density at radius 3 is 2.36 bits per heavy atom. The minimum Gasteiger partial charge on any atom is -0.744 e. The molecule has 0 aromatic heterocycles. The molecule has 0 N–H and O–H groups in total. The molecule has 0 heterocycles. The van der Waals surface area contributed by atoms with Crippen molar-refractivity contribution in [1.82, 2.24) is 0 Å². The van der Waals surface area contributed by atoms with Crippen LogP contribution in [-0.2, 0) is 10.1 Å². The maximum absolute atomic E-state index is 10.7. The first kappa shape index (κ1) is 10.7. The van der Waals surface area contributed by atoms with E-state index in [9.17, 15) is 22.9 Å². The summed E-state index contributed by atoms with van der Waals surface area (Å²) in [5.74, 6) is -1.68. The van der Waals surface area contributed by atoms with Crippen molar-refractivity contribution in [3.63, 3.8) is 0 Å². The molecule has 0 unspecified atom stereocenters. The van der Waals surface area contributed by atoms with Gasteiger partial charge < -0.3 is 14.5 Å². The van der Waals surface area contributed by atoms with Crippen LogP contribution in [0.1, 0.15) is 15.9 Å². The Morgan fingerprint density at radius 2 is 1.93 bits per heavy atom. The molecule has 1 aromatic carbocycles. The number of rotatable bonds is 2. The van der Waals surface area contributed by atoms with E-state index in [4.69, 9.17) is 0 Å². The van der Waals surface area contributed by atoms with Crippen molar-refractivity contribution in [3.8, 4) is 0 Å². The Balaban J connectivity index is 3.54. The third-order valence-corrected chi connectivity index (χ3v) is 2.50. The summed E-state index contributed by atoms with van der Waals surface area (Å²) < 4.78 is 32.0. The number of aromatic carboxylic acids is 1. The van der Waals surface area contributed by atoms with E-state index in [0.717, 1.165) is 12.1 Å². The van der Waals surface area contributed by atoms with Crippen LogP contribution in [0.2, 0.25) is 0 Å². The zero-order valence-electron chi connectivity index (χ0n) is 7.18. The monoisotopic (exact) mass is 214 g/mol. The Morgan fingerprint density at radius 1 is 1.36 bits per heavy atom. The maximum Gasteiger partial charge on any atom is 0.125 e. The predicted molar refractivity (Wildman–Crippen MR) is 43.5 cm³/mol. The van der Waals surface area contributed by atoms with E-state index in [0.29, 0.717) is 5.56 Å². The van der Waals surface area contributed by atoms with Crippen LogP contribution in [-0.4, -0.2) is 18.9 Å². The quantitative estimate of drug-likeness (QED) is 0.604. The van der Waals surface area contributed by atoms with Crippen LogP contribution in [0.4, 0.5) is 0 Å². The Kier molecular flexibility index (Phi) is 2.59. The van der Waals surface area contributed by atoms with Gasteiger partial charge in [-0.05, 0) is 18.6 Å². The van der Waals surface area contributed by atoms with Crippen LogP contribution in [0, 0.1) is 6.92 Å². The van der Waals surface area contributed by atoms with Crippen molar-refractivity contribution in [2.75, 3.05) is 0 Å². The van der Waals surface area contributed by atoms with Gasteiger partial charge in [0.15, 0.2) is 0 Å². The largest absolute Gasteiger partial charge is 0.744 e. The van der Waals surface area contributed by atoms with E-state index in [1.54, 1.807) is 6.92 Å². The van der Waals surface area contributed by atoms with Crippen molar-refractivity contribution in [1.29, 1.82) is 0 Å². The van der Waals surface area contributed by atoms with E-state index in [2.05, 4.69) is 0 Å². The minimum atomic E-state index is -4.77. The molecule has 1 rings (SSSR count). The van der Waals surface area contributed by atoms with Gasteiger partial charge in [-0.15, -0.1) is 0 Å². The van der Waals surface area contributed by atoms with Gasteiger partial charge in [0.2, 0.25) is 0 Å². The fourth-order valence-electron chi connectivity index (χ4n) is 1.01. The lowest BCUT2D eigenvalue weighted by molar-refractivity contribution is -0.255. The Labute approximate surface area is 80.7 Å². The maximum atomic E-state index is 10.7. The van der Waals surface area contributed by atoms with Crippen LogP contribution in [0.5, 0.6) is 0 Å². The first-order chi connectivity index (χ1) is 6.32. The fourth-order valence-corrected chi connectivity index (χ4v) is 1.76. The highest BCUT2D eigenvalue weighted by Gasteiger charge is 2.09. The Hall–Kier alpha value is -1.40. The molecule has 0 fully saturated rings. The molecular formula is C8H6O5S-2. The van der Waals surface area contributed by atoms with Crippen molar-refractivity contribution in [2.45, 2.75) is 11.8 Å². The molecule has 0 saturated heterocycles. The number of carbonyl (C=O) groups is 1. The second-order valence-electron chi connectivity index (χ2n) is 2.74. The lowest BCUT2D eigenvalue weighted by Gasteiger charge is -2.13. The van der Waals surface area contributed by atoms with Crippen molar-refractivity contribution < 1.29 is 22.9 Å². The van der Waals surface area contributed by atoms with Gasteiger partial charge in [-0.25, -0.2) is 8.42 Å². The van der Waals surface area contributed by atoms with Crippen LogP contribution in [0.15, 0.2) is 23.1 Å². The number of carboxylic acids is 1. The zero-order chi connectivity index (χ0) is 10.9. The summed E-state index contributed by atoms with van der Waals surface area (Å²) in [6, 6.07) is 3.43. The summed E-state index contributed by atoms with van der Waals surface area (Å²) in [4.78, 5) is 9.71. The summed E-state index contributed by atoms with van der Waals surface area (Å²) in [6.45, 7) is 1.55. The van der Waals surface area contributed by atoms with E-state index in [-0.39, 0.29) is 0 Å². The topological polar surface area (TPSA) is 97.3 Å². The van der Waals surface area contributed by atoms with Crippen molar-refractivity contribution in [3.05, 3.63) is 29.3 Å². The molecule has 1 aromatic rings. The van der Waals surface area contributed by atoms with E-state index >= 15 is 0 Å². The van der Waals surface area contributed by atoms with Crippen molar-refractivity contribution >= 4 is 16.1 Å². The SMILES string of the molecule is Cc1ccc(C(=O)[O-])c(S(=O)(=O)[O-])c1. The molecule has 0 aliphatic heterocycles. The molecule has 0 saturated carbocycles. The molecule has 0 aliphatic rings. The molecule has 0 spiro atoms. The third-order valence-electron chi connectivity index (χ3n) is 1.63. The lowest BCUT2D eigenvalue weighted by atomic mass is 10.1. The second-order valence-corrected chi connectivity index (χ2v) is 4.09. The summed E-state index contributed by atoms with van der Waals surface area (Å²) in [6.07, 6.45) is 0. The molecule has 0 radical (unpaired) electrons. The second kappa shape index (κ2) is 3.39. The lowest BCUT2D eigenvalue weighted by Crippen LogP contribution is -2.24. The number of hydrogen-bond donors (Lipinski definition) is 0. The molecule has 5 nitrogen and oxygen atoms in total. The smallest absolute Gasteiger partial charge is 0.125 e. The van der Waals surface area contributed by atoms with Gasteiger partial charge in [0.25, 0.3) is 0 Å².